The lowest BCUT2D eigenvalue weighted by Crippen LogP contribution is -2.25. The Hall–Kier alpha value is -1.40. The van der Waals surface area contributed by atoms with Crippen molar-refractivity contribution in [3.05, 3.63) is 35.9 Å². The normalized spacial score (nSPS) is 10.9. The first-order chi connectivity index (χ1) is 6.49. The van der Waals surface area contributed by atoms with Crippen molar-refractivity contribution in [1.29, 1.82) is 0 Å². The first-order valence-electron chi connectivity index (χ1n) is 3.72. The van der Waals surface area contributed by atoms with E-state index in [0.717, 1.165) is 6.26 Å². The van der Waals surface area contributed by atoms with Gasteiger partial charge in [0.05, 0.1) is 11.8 Å². The van der Waals surface area contributed by atoms with E-state index in [0.29, 0.717) is 0 Å². The topological polar surface area (TPSA) is 72.5 Å². The average molecular weight is 215 g/mol. The molecule has 0 unspecified atom stereocenters. The fourth-order valence-corrected chi connectivity index (χ4v) is 0.974. The van der Waals surface area contributed by atoms with E-state index >= 15 is 0 Å². The smallest absolute Gasteiger partial charge is 0.351 e. The quantitative estimate of drug-likeness (QED) is 0.736. The molecule has 0 atom stereocenters. The third-order valence-electron chi connectivity index (χ3n) is 1.30. The summed E-state index contributed by atoms with van der Waals surface area (Å²) in [6, 6.07) is 8.08. The van der Waals surface area contributed by atoms with Crippen LogP contribution in [0.1, 0.15) is 10.4 Å². The van der Waals surface area contributed by atoms with Crippen LogP contribution >= 0.6 is 0 Å². The largest absolute Gasteiger partial charge is 0.357 e. The number of hydrogen-bond acceptors (Lipinski definition) is 4. The minimum absolute atomic E-state index is 0.281. The molecule has 0 radical (unpaired) electrons. The molecule has 0 aliphatic rings. The van der Waals surface area contributed by atoms with Gasteiger partial charge in [-0.15, -0.1) is 0 Å². The van der Waals surface area contributed by atoms with Gasteiger partial charge in [-0.25, -0.2) is 13.2 Å². The number of sulfonamides is 1. The molecule has 0 heterocycles. The number of benzene rings is 1. The Balaban J connectivity index is 2.61. The van der Waals surface area contributed by atoms with Crippen molar-refractivity contribution in [2.45, 2.75) is 0 Å². The second-order valence-corrected chi connectivity index (χ2v) is 4.32. The second-order valence-electron chi connectivity index (χ2n) is 2.61. The Bertz CT molecular complexity index is 412. The third kappa shape index (κ3) is 3.55. The molecule has 0 aliphatic heterocycles. The van der Waals surface area contributed by atoms with E-state index in [1.165, 1.54) is 12.1 Å². The summed E-state index contributed by atoms with van der Waals surface area (Å²) in [7, 11) is -3.52. The van der Waals surface area contributed by atoms with E-state index in [1.807, 2.05) is 0 Å². The maximum Gasteiger partial charge on any atom is 0.357 e. The fourth-order valence-electron chi connectivity index (χ4n) is 0.747. The molecule has 1 rings (SSSR count). The summed E-state index contributed by atoms with van der Waals surface area (Å²) in [6.45, 7) is 0. The van der Waals surface area contributed by atoms with E-state index in [1.54, 1.807) is 23.1 Å². The molecule has 1 aromatic carbocycles. The van der Waals surface area contributed by atoms with Crippen molar-refractivity contribution in [3.8, 4) is 0 Å². The lowest BCUT2D eigenvalue weighted by molar-refractivity contribution is 0.0408. The van der Waals surface area contributed by atoms with Crippen molar-refractivity contribution < 1.29 is 18.0 Å². The summed E-state index contributed by atoms with van der Waals surface area (Å²) < 4.78 is 21.2. The van der Waals surface area contributed by atoms with Crippen LogP contribution in [0.5, 0.6) is 0 Å². The van der Waals surface area contributed by atoms with Gasteiger partial charge < -0.3 is 4.84 Å². The molecule has 1 aromatic rings. The highest BCUT2D eigenvalue weighted by atomic mass is 32.2. The van der Waals surface area contributed by atoms with Gasteiger partial charge in [-0.05, 0) is 17.0 Å². The molecular weight excluding hydrogens is 206 g/mol. The average Bonchev–Trinajstić information content (AvgIpc) is 2.14. The Labute approximate surface area is 81.7 Å². The number of hydrogen-bond donors (Lipinski definition) is 1. The van der Waals surface area contributed by atoms with Crippen LogP contribution in [0.25, 0.3) is 0 Å². The van der Waals surface area contributed by atoms with E-state index in [2.05, 4.69) is 4.84 Å². The maximum absolute atomic E-state index is 11.1. The Morgan fingerprint density at radius 2 is 1.86 bits per heavy atom. The van der Waals surface area contributed by atoms with Crippen molar-refractivity contribution in [1.82, 2.24) is 4.89 Å². The third-order valence-corrected chi connectivity index (χ3v) is 1.68. The SMILES string of the molecule is CS(=O)(=O)NOC(=O)c1ccccc1. The van der Waals surface area contributed by atoms with Crippen molar-refractivity contribution in [2.24, 2.45) is 0 Å². The number of nitrogens with one attached hydrogen (secondary N) is 1. The van der Waals surface area contributed by atoms with Crippen molar-refractivity contribution in [3.63, 3.8) is 0 Å². The summed E-state index contributed by atoms with van der Waals surface area (Å²) in [5.74, 6) is -0.740. The Kier molecular flexibility index (Phi) is 3.21. The van der Waals surface area contributed by atoms with Gasteiger partial charge in [-0.3, -0.25) is 0 Å². The summed E-state index contributed by atoms with van der Waals surface area (Å²) in [6.07, 6.45) is 0.894. The molecule has 0 saturated carbocycles. The van der Waals surface area contributed by atoms with E-state index < -0.39 is 16.0 Å². The van der Waals surface area contributed by atoms with Crippen molar-refractivity contribution in [2.75, 3.05) is 6.26 Å². The molecule has 5 nitrogen and oxygen atoms in total. The molecule has 14 heavy (non-hydrogen) atoms. The molecule has 0 saturated heterocycles. The van der Waals surface area contributed by atoms with E-state index in [4.69, 9.17) is 0 Å². The first-order valence-corrected chi connectivity index (χ1v) is 5.61. The lowest BCUT2D eigenvalue weighted by Gasteiger charge is -2.02. The molecule has 0 aromatic heterocycles. The minimum atomic E-state index is -3.52. The van der Waals surface area contributed by atoms with Crippen LogP contribution in [0.3, 0.4) is 0 Å². The molecule has 0 bridgehead atoms. The van der Waals surface area contributed by atoms with E-state index in [-0.39, 0.29) is 5.56 Å². The van der Waals surface area contributed by atoms with Gasteiger partial charge in [0.1, 0.15) is 0 Å². The summed E-state index contributed by atoms with van der Waals surface area (Å²) in [4.78, 5) is 17.1. The van der Waals surface area contributed by atoms with Crippen LogP contribution < -0.4 is 4.89 Å². The van der Waals surface area contributed by atoms with Crippen LogP contribution in [0.15, 0.2) is 30.3 Å². The van der Waals surface area contributed by atoms with Crippen molar-refractivity contribution >= 4 is 16.0 Å². The predicted octanol–water partition coefficient (Wildman–Crippen LogP) is 0.308. The molecule has 6 heteroatoms. The molecule has 0 aliphatic carbocycles. The lowest BCUT2D eigenvalue weighted by atomic mass is 10.2. The second kappa shape index (κ2) is 4.21. The Morgan fingerprint density at radius 1 is 1.29 bits per heavy atom. The number of carbonyl (C=O) groups is 1. The standard InChI is InChI=1S/C8H9NO4S/c1-14(11,12)9-13-8(10)7-5-3-2-4-6-7/h2-6,9H,1H3. The molecule has 76 valence electrons. The van der Waals surface area contributed by atoms with Crippen LogP contribution in [0.4, 0.5) is 0 Å². The van der Waals surface area contributed by atoms with Gasteiger partial charge in [-0.2, -0.15) is 0 Å². The molecule has 0 spiro atoms. The maximum atomic E-state index is 11.1. The Morgan fingerprint density at radius 3 is 2.36 bits per heavy atom. The zero-order chi connectivity index (χ0) is 10.6. The van der Waals surface area contributed by atoms with Crippen LogP contribution in [0, 0.1) is 0 Å². The molecular formula is C8H9NO4S. The van der Waals surface area contributed by atoms with Crippen LogP contribution in [0.2, 0.25) is 0 Å². The summed E-state index contributed by atoms with van der Waals surface area (Å²) in [5.41, 5.74) is 0.281. The highest BCUT2D eigenvalue weighted by Crippen LogP contribution is 1.99. The molecule has 1 N–H and O–H groups in total. The van der Waals surface area contributed by atoms with Crippen LogP contribution in [-0.4, -0.2) is 20.6 Å². The van der Waals surface area contributed by atoms with Gasteiger partial charge in [0, 0.05) is 0 Å². The zero-order valence-electron chi connectivity index (χ0n) is 7.43. The fraction of sp³-hybridized carbons (Fsp3) is 0.125. The zero-order valence-corrected chi connectivity index (χ0v) is 8.24. The monoisotopic (exact) mass is 215 g/mol. The van der Waals surface area contributed by atoms with Gasteiger partial charge in [-0.1, -0.05) is 18.2 Å². The van der Waals surface area contributed by atoms with Gasteiger partial charge >= 0.3 is 5.97 Å². The minimum Gasteiger partial charge on any atom is -0.351 e. The molecule has 0 amide bonds. The van der Waals surface area contributed by atoms with Crippen LogP contribution in [-0.2, 0) is 14.9 Å². The van der Waals surface area contributed by atoms with Gasteiger partial charge in [0.2, 0.25) is 10.0 Å². The van der Waals surface area contributed by atoms with Gasteiger partial charge in [0.25, 0.3) is 0 Å². The van der Waals surface area contributed by atoms with E-state index in [9.17, 15) is 13.2 Å². The molecule has 0 fully saturated rings. The first kappa shape index (κ1) is 10.7. The highest BCUT2D eigenvalue weighted by molar-refractivity contribution is 7.88. The summed E-state index contributed by atoms with van der Waals surface area (Å²) >= 11 is 0. The predicted molar refractivity (Wildman–Crippen MR) is 49.8 cm³/mol. The highest BCUT2D eigenvalue weighted by Gasteiger charge is 2.09. The number of rotatable bonds is 3. The summed E-state index contributed by atoms with van der Waals surface area (Å²) in [5, 5.41) is 0. The number of carbonyl (C=O) groups excluding carboxylic acids is 1. The van der Waals surface area contributed by atoms with Gasteiger partial charge in [0.15, 0.2) is 0 Å².